The van der Waals surface area contributed by atoms with E-state index < -0.39 is 17.6 Å². The number of rotatable bonds is 16. The molecular weight excluding hydrogens is 596 g/mol. The molecule has 0 radical (unpaired) electrons. The van der Waals surface area contributed by atoms with Crippen molar-refractivity contribution in [2.75, 3.05) is 11.9 Å². The number of carbonyl (C=O) groups excluding carboxylic acids is 2. The minimum absolute atomic E-state index is 0.0830. The highest BCUT2D eigenvalue weighted by Gasteiger charge is 2.35. The zero-order valence-corrected chi connectivity index (χ0v) is 27.1. The molecule has 0 aromatic heterocycles. The quantitative estimate of drug-likeness (QED) is 0.0678. The average molecular weight is 641 g/mol. The fourth-order valence-corrected chi connectivity index (χ4v) is 6.05. The second-order valence-corrected chi connectivity index (χ2v) is 12.0. The monoisotopic (exact) mass is 640 g/mol. The lowest BCUT2D eigenvalue weighted by Crippen LogP contribution is -2.50. The van der Waals surface area contributed by atoms with E-state index in [2.05, 4.69) is 88.7 Å². The smallest absolute Gasteiger partial charge is 0.246 e. The molecule has 0 fully saturated rings. The minimum Gasteiger partial charge on any atom is -0.392 e. The topological polar surface area (TPSA) is 116 Å². The number of unbranched alkanes of at least 4 members (excludes halogenated alkanes) is 1. The number of carbonyl (C=O) groups is 2. The molecule has 0 heterocycles. The van der Waals surface area contributed by atoms with Crippen LogP contribution in [0.4, 0.5) is 5.69 Å². The van der Waals surface area contributed by atoms with Gasteiger partial charge in [-0.1, -0.05) is 133 Å². The van der Waals surface area contributed by atoms with E-state index in [9.17, 15) is 14.7 Å². The molecule has 6 N–H and O–H groups in total. The van der Waals surface area contributed by atoms with Gasteiger partial charge in [-0.2, -0.15) is 0 Å². The third-order valence-corrected chi connectivity index (χ3v) is 8.60. The zero-order valence-electron chi connectivity index (χ0n) is 27.1. The highest BCUT2D eigenvalue weighted by Crippen LogP contribution is 2.36. The van der Waals surface area contributed by atoms with Crippen LogP contribution in [0.1, 0.15) is 47.1 Å². The largest absolute Gasteiger partial charge is 0.392 e. The van der Waals surface area contributed by atoms with Crippen LogP contribution in [0.15, 0.2) is 146 Å². The number of aliphatic hydroxyl groups excluding tert-OH is 1. The predicted molar refractivity (Wildman–Crippen MR) is 192 cm³/mol. The van der Waals surface area contributed by atoms with Gasteiger partial charge >= 0.3 is 0 Å². The second-order valence-electron chi connectivity index (χ2n) is 12.0. The Hall–Kier alpha value is -5.08. The van der Waals surface area contributed by atoms with Crippen molar-refractivity contribution in [3.63, 3.8) is 0 Å². The van der Waals surface area contributed by atoms with Crippen LogP contribution in [0.5, 0.6) is 0 Å². The van der Waals surface area contributed by atoms with Crippen molar-refractivity contribution in [1.82, 2.24) is 10.6 Å². The molecule has 0 spiro atoms. The van der Waals surface area contributed by atoms with Crippen LogP contribution in [-0.4, -0.2) is 35.5 Å². The summed E-state index contributed by atoms with van der Waals surface area (Å²) in [5, 5.41) is 19.1. The second kappa shape index (κ2) is 17.2. The first-order chi connectivity index (χ1) is 23.5. The van der Waals surface area contributed by atoms with Gasteiger partial charge in [0.1, 0.15) is 6.04 Å². The van der Waals surface area contributed by atoms with E-state index in [4.69, 9.17) is 5.73 Å². The van der Waals surface area contributed by atoms with Crippen LogP contribution < -0.4 is 21.7 Å². The van der Waals surface area contributed by atoms with E-state index in [1.807, 2.05) is 48.5 Å². The van der Waals surface area contributed by atoms with E-state index in [1.54, 1.807) is 24.3 Å². The molecule has 5 aromatic rings. The highest BCUT2D eigenvalue weighted by molar-refractivity contribution is 5.97. The molecule has 0 saturated carbocycles. The Morgan fingerprint density at radius 2 is 1.12 bits per heavy atom. The Labute approximate surface area is 283 Å². The summed E-state index contributed by atoms with van der Waals surface area (Å²) in [5.41, 5.74) is 11.4. The normalized spacial score (nSPS) is 12.5. The molecule has 0 bridgehead atoms. The first-order valence-electron chi connectivity index (χ1n) is 16.5. The summed E-state index contributed by atoms with van der Waals surface area (Å²) in [4.78, 5) is 26.8. The first-order valence-corrected chi connectivity index (χ1v) is 16.5. The number of nitrogens with one attached hydrogen (secondary N) is 3. The first kappa shape index (κ1) is 34.3. The zero-order chi connectivity index (χ0) is 33.6. The fraction of sp³-hybridized carbons (Fsp3) is 0.220. The molecule has 5 rings (SSSR count). The predicted octanol–water partition coefficient (Wildman–Crippen LogP) is 5.92. The molecule has 0 saturated heterocycles. The lowest BCUT2D eigenvalue weighted by Gasteiger charge is -2.37. The summed E-state index contributed by atoms with van der Waals surface area (Å²) < 4.78 is 0. The number of amides is 2. The molecule has 7 nitrogen and oxygen atoms in total. The number of hydrogen-bond acceptors (Lipinski definition) is 5. The van der Waals surface area contributed by atoms with E-state index in [-0.39, 0.29) is 18.4 Å². The molecule has 2 atom stereocenters. The van der Waals surface area contributed by atoms with Crippen LogP contribution in [0.2, 0.25) is 0 Å². The third-order valence-electron chi connectivity index (χ3n) is 8.60. The maximum atomic E-state index is 13.5. The summed E-state index contributed by atoms with van der Waals surface area (Å²) >= 11 is 0. The molecule has 246 valence electrons. The van der Waals surface area contributed by atoms with E-state index >= 15 is 0 Å². The van der Waals surface area contributed by atoms with Crippen molar-refractivity contribution >= 4 is 17.5 Å². The SMILES string of the molecule is N[C@@H](Cc1ccccc1)C(=O)N[C@@H](CCCCNC(c1ccccc1)(c1ccccc1)c1ccccc1)C(=O)Nc1ccc(CO)cc1. The van der Waals surface area contributed by atoms with Crippen molar-refractivity contribution < 1.29 is 14.7 Å². The summed E-state index contributed by atoms with van der Waals surface area (Å²) in [6.45, 7) is 0.581. The van der Waals surface area contributed by atoms with Gasteiger partial charge in [0.05, 0.1) is 18.2 Å². The van der Waals surface area contributed by atoms with Gasteiger partial charge in [-0.15, -0.1) is 0 Å². The van der Waals surface area contributed by atoms with Gasteiger partial charge in [-0.05, 0) is 72.2 Å². The van der Waals surface area contributed by atoms with Crippen molar-refractivity contribution in [2.45, 2.75) is 49.9 Å². The maximum Gasteiger partial charge on any atom is 0.246 e. The minimum atomic E-state index is -0.795. The Bertz CT molecular complexity index is 1600. The Morgan fingerprint density at radius 3 is 1.62 bits per heavy atom. The number of anilines is 1. The number of hydrogen-bond donors (Lipinski definition) is 5. The molecule has 2 amide bonds. The molecule has 7 heteroatoms. The number of benzene rings is 5. The number of aliphatic hydroxyl groups is 1. The van der Waals surface area contributed by atoms with Crippen molar-refractivity contribution in [1.29, 1.82) is 0 Å². The lowest BCUT2D eigenvalue weighted by atomic mass is 9.77. The van der Waals surface area contributed by atoms with Crippen molar-refractivity contribution in [2.24, 2.45) is 5.73 Å². The van der Waals surface area contributed by atoms with E-state index in [1.165, 1.54) is 0 Å². The van der Waals surface area contributed by atoms with E-state index in [0.29, 0.717) is 31.5 Å². The van der Waals surface area contributed by atoms with Gasteiger partial charge in [-0.3, -0.25) is 14.9 Å². The van der Waals surface area contributed by atoms with Crippen molar-refractivity contribution in [3.8, 4) is 0 Å². The Kier molecular flexibility index (Phi) is 12.3. The van der Waals surface area contributed by atoms with Gasteiger partial charge in [0.25, 0.3) is 0 Å². The standard InChI is InChI=1S/C41H44N4O3/c42-37(29-31-15-5-1-6-16-31)39(47)45-38(40(48)44-36-26-24-32(30-46)25-27-36)23-13-14-28-43-41(33-17-7-2-8-18-33,34-19-9-3-10-20-34)35-21-11-4-12-22-35/h1-12,15-22,24-27,37-38,43,46H,13-14,23,28-30,42H2,(H,44,48)(H,45,47)/t37-,38-/m0/s1. The highest BCUT2D eigenvalue weighted by atomic mass is 16.3. The lowest BCUT2D eigenvalue weighted by molar-refractivity contribution is -0.127. The molecular formula is C41H44N4O3. The van der Waals surface area contributed by atoms with E-state index in [0.717, 1.165) is 34.2 Å². The Balaban J connectivity index is 1.30. The molecule has 48 heavy (non-hydrogen) atoms. The summed E-state index contributed by atoms with van der Waals surface area (Å²) in [7, 11) is 0. The Morgan fingerprint density at radius 1 is 0.625 bits per heavy atom. The van der Waals surface area contributed by atoms with Crippen molar-refractivity contribution in [3.05, 3.63) is 173 Å². The summed E-state index contributed by atoms with van der Waals surface area (Å²) in [6.07, 6.45) is 2.24. The third kappa shape index (κ3) is 8.83. The summed E-state index contributed by atoms with van der Waals surface area (Å²) in [5.74, 6) is -0.684. The molecule has 0 unspecified atom stereocenters. The molecule has 0 aliphatic heterocycles. The van der Waals surface area contributed by atoms with Crippen LogP contribution >= 0.6 is 0 Å². The maximum absolute atomic E-state index is 13.5. The molecule has 0 aliphatic rings. The van der Waals surface area contributed by atoms with Gasteiger partial charge in [-0.25, -0.2) is 0 Å². The van der Waals surface area contributed by atoms with Gasteiger partial charge < -0.3 is 21.5 Å². The van der Waals surface area contributed by atoms with Crippen LogP contribution in [0.3, 0.4) is 0 Å². The van der Waals surface area contributed by atoms with Gasteiger partial charge in [0.15, 0.2) is 0 Å². The van der Waals surface area contributed by atoms with Crippen LogP contribution in [-0.2, 0) is 28.2 Å². The summed E-state index contributed by atoms with van der Waals surface area (Å²) in [6, 6.07) is 46.3. The van der Waals surface area contributed by atoms with Gasteiger partial charge in [0, 0.05) is 5.69 Å². The molecule has 0 aliphatic carbocycles. The fourth-order valence-electron chi connectivity index (χ4n) is 6.05. The van der Waals surface area contributed by atoms with Crippen LogP contribution in [0, 0.1) is 0 Å². The average Bonchev–Trinajstić information content (AvgIpc) is 3.14. The van der Waals surface area contributed by atoms with Crippen LogP contribution in [0.25, 0.3) is 0 Å². The van der Waals surface area contributed by atoms with Gasteiger partial charge in [0.2, 0.25) is 11.8 Å². The molecule has 5 aromatic carbocycles. The number of nitrogens with two attached hydrogens (primary N) is 1.